The Labute approximate surface area is 127 Å². The lowest BCUT2D eigenvalue weighted by molar-refractivity contribution is 0.128. The largest absolute Gasteiger partial charge is 0.353 e. The van der Waals surface area contributed by atoms with E-state index in [1.54, 1.807) is 0 Å². The van der Waals surface area contributed by atoms with Gasteiger partial charge < -0.3 is 10.2 Å². The van der Waals surface area contributed by atoms with Gasteiger partial charge in [0.05, 0.1) is 5.02 Å². The van der Waals surface area contributed by atoms with Gasteiger partial charge in [-0.2, -0.15) is 0 Å². The van der Waals surface area contributed by atoms with Crippen molar-refractivity contribution in [3.05, 3.63) is 22.8 Å². The molecule has 1 saturated heterocycles. The normalized spacial score (nSPS) is 17.6. The van der Waals surface area contributed by atoms with Crippen molar-refractivity contribution in [1.82, 2.24) is 15.2 Å². The molecule has 0 spiro atoms. The predicted octanol–water partition coefficient (Wildman–Crippen LogP) is 2.37. The van der Waals surface area contributed by atoms with Crippen LogP contribution in [-0.2, 0) is 6.54 Å². The second-order valence-corrected chi connectivity index (χ2v) is 6.73. The van der Waals surface area contributed by atoms with Crippen molar-refractivity contribution in [3.63, 3.8) is 0 Å². The molecule has 0 atom stereocenters. The molecule has 1 aromatic rings. The Balaban J connectivity index is 2.03. The number of piperazine rings is 1. The maximum Gasteiger partial charge on any atom is 0.147 e. The summed E-state index contributed by atoms with van der Waals surface area (Å²) < 4.78 is 0. The second kappa shape index (κ2) is 6.29. The van der Waals surface area contributed by atoms with Gasteiger partial charge >= 0.3 is 0 Å². The summed E-state index contributed by atoms with van der Waals surface area (Å²) in [5.74, 6) is 0.917. The third-order valence-corrected chi connectivity index (χ3v) is 4.07. The minimum Gasteiger partial charge on any atom is -0.353 e. The zero-order valence-electron chi connectivity index (χ0n) is 12.9. The summed E-state index contributed by atoms with van der Waals surface area (Å²) in [5.41, 5.74) is 1.36. The van der Waals surface area contributed by atoms with Crippen molar-refractivity contribution in [3.8, 4) is 0 Å². The van der Waals surface area contributed by atoms with Crippen molar-refractivity contribution in [2.75, 3.05) is 38.1 Å². The van der Waals surface area contributed by atoms with Gasteiger partial charge in [0.1, 0.15) is 5.82 Å². The Morgan fingerprint density at radius 2 is 1.90 bits per heavy atom. The Hall–Kier alpha value is -0.840. The van der Waals surface area contributed by atoms with E-state index in [1.165, 1.54) is 0 Å². The molecule has 112 valence electrons. The van der Waals surface area contributed by atoms with E-state index >= 15 is 0 Å². The third-order valence-electron chi connectivity index (χ3n) is 3.79. The third kappa shape index (κ3) is 3.62. The highest BCUT2D eigenvalue weighted by molar-refractivity contribution is 6.33. The van der Waals surface area contributed by atoms with Crippen LogP contribution < -0.4 is 10.2 Å². The van der Waals surface area contributed by atoms with Crippen LogP contribution in [0.1, 0.15) is 26.3 Å². The molecule has 2 heterocycles. The zero-order valence-corrected chi connectivity index (χ0v) is 13.7. The molecule has 0 radical (unpaired) electrons. The fourth-order valence-electron chi connectivity index (χ4n) is 2.59. The fraction of sp³-hybridized carbons (Fsp3) is 0.667. The van der Waals surface area contributed by atoms with Gasteiger partial charge in [0, 0.05) is 44.5 Å². The maximum absolute atomic E-state index is 6.38. The summed E-state index contributed by atoms with van der Waals surface area (Å²) in [6, 6.07) is 2.01. The van der Waals surface area contributed by atoms with E-state index in [-0.39, 0.29) is 5.54 Å². The summed E-state index contributed by atoms with van der Waals surface area (Å²) in [5, 5.41) is 3.87. The lowest BCUT2D eigenvalue weighted by atomic mass is 10.0. The molecule has 5 heteroatoms. The highest BCUT2D eigenvalue weighted by atomic mass is 35.5. The van der Waals surface area contributed by atoms with Gasteiger partial charge in [-0.15, -0.1) is 0 Å². The van der Waals surface area contributed by atoms with Crippen LogP contribution in [0.15, 0.2) is 12.3 Å². The van der Waals surface area contributed by atoms with Crippen LogP contribution in [-0.4, -0.2) is 48.6 Å². The Bertz CT molecular complexity index is 448. The molecule has 0 aliphatic carbocycles. The van der Waals surface area contributed by atoms with Crippen molar-refractivity contribution >= 4 is 17.4 Å². The van der Waals surface area contributed by atoms with Gasteiger partial charge in [-0.3, -0.25) is 4.90 Å². The number of aromatic nitrogens is 1. The minimum atomic E-state index is 0.236. The molecular formula is C15H25ClN4. The van der Waals surface area contributed by atoms with Crippen LogP contribution in [0, 0.1) is 0 Å². The van der Waals surface area contributed by atoms with Gasteiger partial charge in [0.2, 0.25) is 0 Å². The molecule has 1 aliphatic rings. The average Bonchev–Trinajstić information content (AvgIpc) is 2.38. The Kier molecular flexibility index (Phi) is 4.89. The quantitative estimate of drug-likeness (QED) is 0.928. The van der Waals surface area contributed by atoms with E-state index < -0.39 is 0 Å². The van der Waals surface area contributed by atoms with Crippen LogP contribution in [0.25, 0.3) is 0 Å². The van der Waals surface area contributed by atoms with E-state index in [4.69, 9.17) is 11.6 Å². The molecule has 1 aliphatic heterocycles. The number of hydrogen-bond donors (Lipinski definition) is 1. The van der Waals surface area contributed by atoms with Crippen LogP contribution in [0.4, 0.5) is 5.82 Å². The number of nitrogens with zero attached hydrogens (tertiary/aromatic N) is 3. The Morgan fingerprint density at radius 3 is 2.40 bits per heavy atom. The smallest absolute Gasteiger partial charge is 0.147 e. The monoisotopic (exact) mass is 296 g/mol. The van der Waals surface area contributed by atoms with Gasteiger partial charge in [-0.05, 0) is 39.4 Å². The zero-order chi connectivity index (χ0) is 14.8. The predicted molar refractivity (Wildman–Crippen MR) is 85.5 cm³/mol. The summed E-state index contributed by atoms with van der Waals surface area (Å²) >= 11 is 6.38. The number of pyridine rings is 1. The molecule has 0 unspecified atom stereocenters. The van der Waals surface area contributed by atoms with Crippen LogP contribution in [0.2, 0.25) is 5.02 Å². The molecule has 4 nitrogen and oxygen atoms in total. The minimum absolute atomic E-state index is 0.236. The highest BCUT2D eigenvalue weighted by Gasteiger charge is 2.26. The van der Waals surface area contributed by atoms with E-state index in [0.717, 1.165) is 49.1 Å². The first-order valence-corrected chi connectivity index (χ1v) is 7.58. The maximum atomic E-state index is 6.38. The van der Waals surface area contributed by atoms with Crippen molar-refractivity contribution in [2.45, 2.75) is 32.9 Å². The van der Waals surface area contributed by atoms with Crippen LogP contribution in [0.3, 0.4) is 0 Å². The van der Waals surface area contributed by atoms with Crippen LogP contribution >= 0.6 is 11.6 Å². The molecular weight excluding hydrogens is 272 g/mol. The lowest BCUT2D eigenvalue weighted by Crippen LogP contribution is -2.53. The standard InChI is InChI=1S/C15H25ClN4/c1-15(2,3)20-7-5-19(6-8-20)14-13(16)9-12(10-17-4)11-18-14/h9,11,17H,5-8,10H2,1-4H3. The number of halogens is 1. The fourth-order valence-corrected chi connectivity index (χ4v) is 2.90. The molecule has 1 N–H and O–H groups in total. The molecule has 0 bridgehead atoms. The Morgan fingerprint density at radius 1 is 1.25 bits per heavy atom. The van der Waals surface area contributed by atoms with Gasteiger partial charge in [-0.25, -0.2) is 4.98 Å². The molecule has 0 aromatic carbocycles. The van der Waals surface area contributed by atoms with E-state index in [0.29, 0.717) is 0 Å². The SMILES string of the molecule is CNCc1cnc(N2CCN(C(C)(C)C)CC2)c(Cl)c1. The summed E-state index contributed by atoms with van der Waals surface area (Å²) in [7, 11) is 1.92. The van der Waals surface area contributed by atoms with Gasteiger partial charge in [0.15, 0.2) is 0 Å². The molecule has 2 rings (SSSR count). The van der Waals surface area contributed by atoms with Crippen LogP contribution in [0.5, 0.6) is 0 Å². The topological polar surface area (TPSA) is 31.4 Å². The molecule has 20 heavy (non-hydrogen) atoms. The number of rotatable bonds is 3. The second-order valence-electron chi connectivity index (χ2n) is 6.32. The first kappa shape index (κ1) is 15.5. The van der Waals surface area contributed by atoms with Gasteiger partial charge in [-0.1, -0.05) is 11.6 Å². The summed E-state index contributed by atoms with van der Waals surface area (Å²) in [4.78, 5) is 9.34. The number of hydrogen-bond acceptors (Lipinski definition) is 4. The average molecular weight is 297 g/mol. The van der Waals surface area contributed by atoms with Crippen molar-refractivity contribution in [2.24, 2.45) is 0 Å². The van der Waals surface area contributed by atoms with Crippen molar-refractivity contribution in [1.29, 1.82) is 0 Å². The van der Waals surface area contributed by atoms with E-state index in [9.17, 15) is 0 Å². The summed E-state index contributed by atoms with van der Waals surface area (Å²) in [6.07, 6.45) is 1.91. The molecule has 0 amide bonds. The van der Waals surface area contributed by atoms with E-state index in [2.05, 4.69) is 40.9 Å². The number of anilines is 1. The highest BCUT2D eigenvalue weighted by Crippen LogP contribution is 2.26. The first-order chi connectivity index (χ1) is 9.41. The number of nitrogens with one attached hydrogen (secondary N) is 1. The molecule has 0 saturated carbocycles. The lowest BCUT2D eigenvalue weighted by Gasteiger charge is -2.42. The first-order valence-electron chi connectivity index (χ1n) is 7.21. The van der Waals surface area contributed by atoms with Gasteiger partial charge in [0.25, 0.3) is 0 Å². The molecule has 1 fully saturated rings. The van der Waals surface area contributed by atoms with E-state index in [1.807, 2.05) is 19.3 Å². The molecule has 1 aromatic heterocycles. The summed E-state index contributed by atoms with van der Waals surface area (Å²) in [6.45, 7) is 11.7. The van der Waals surface area contributed by atoms with Crippen molar-refractivity contribution < 1.29 is 0 Å².